The monoisotopic (exact) mass is 306 g/mol. The normalized spacial score (nSPS) is 11.0. The van der Waals surface area contributed by atoms with E-state index in [4.69, 9.17) is 0 Å². The summed E-state index contributed by atoms with van der Waals surface area (Å²) >= 11 is 1.56. The molecule has 0 unspecified atom stereocenters. The maximum Gasteiger partial charge on any atom is 0.210 e. The van der Waals surface area contributed by atoms with Gasteiger partial charge in [0.15, 0.2) is 5.01 Å². The molecular formula is C17H14N4S. The molecule has 0 fully saturated rings. The van der Waals surface area contributed by atoms with Crippen LogP contribution in [0, 0.1) is 0 Å². The first-order valence-corrected chi connectivity index (χ1v) is 7.83. The summed E-state index contributed by atoms with van der Waals surface area (Å²) in [4.78, 5) is 0. The number of hydrogen-bond donors (Lipinski definition) is 1. The molecule has 5 heteroatoms. The smallest absolute Gasteiger partial charge is 0.210 e. The largest absolute Gasteiger partial charge is 0.350 e. The van der Waals surface area contributed by atoms with Crippen molar-refractivity contribution in [2.45, 2.75) is 0 Å². The van der Waals surface area contributed by atoms with Crippen molar-refractivity contribution < 1.29 is 0 Å². The van der Waals surface area contributed by atoms with E-state index >= 15 is 0 Å². The van der Waals surface area contributed by atoms with Gasteiger partial charge in [-0.2, -0.15) is 0 Å². The molecular weight excluding hydrogens is 292 g/mol. The summed E-state index contributed by atoms with van der Waals surface area (Å²) in [6, 6.07) is 18.3. The molecule has 4 rings (SSSR count). The molecule has 0 aliphatic carbocycles. The quantitative estimate of drug-likeness (QED) is 0.608. The van der Waals surface area contributed by atoms with Crippen molar-refractivity contribution in [3.63, 3.8) is 0 Å². The molecule has 0 saturated heterocycles. The molecule has 0 aliphatic heterocycles. The Kier molecular flexibility index (Phi) is 3.12. The molecule has 0 aliphatic rings. The maximum absolute atomic E-state index is 4.34. The summed E-state index contributed by atoms with van der Waals surface area (Å²) in [7, 11) is 2.05. The van der Waals surface area contributed by atoms with Crippen molar-refractivity contribution in [1.29, 1.82) is 0 Å². The molecule has 2 aromatic heterocycles. The van der Waals surface area contributed by atoms with E-state index in [1.165, 1.54) is 10.9 Å². The number of anilines is 2. The maximum atomic E-state index is 4.34. The fourth-order valence-electron chi connectivity index (χ4n) is 2.54. The van der Waals surface area contributed by atoms with Gasteiger partial charge in [-0.15, -0.1) is 10.2 Å². The van der Waals surface area contributed by atoms with Crippen LogP contribution in [0.1, 0.15) is 0 Å². The van der Waals surface area contributed by atoms with E-state index in [9.17, 15) is 0 Å². The standard InChI is InChI=1S/C17H14N4S/c1-21-11-14(13-9-5-6-10-15(13)21)16-19-20-17(22-16)18-12-7-3-2-4-8-12/h2-11H,1H3,(H,18,20). The predicted molar refractivity (Wildman–Crippen MR) is 91.5 cm³/mol. The van der Waals surface area contributed by atoms with Gasteiger partial charge in [0.25, 0.3) is 0 Å². The average molecular weight is 306 g/mol. The molecule has 0 saturated carbocycles. The lowest BCUT2D eigenvalue weighted by atomic mass is 10.2. The van der Waals surface area contributed by atoms with Gasteiger partial charge in [-0.25, -0.2) is 0 Å². The Morgan fingerprint density at radius 1 is 0.955 bits per heavy atom. The van der Waals surface area contributed by atoms with Crippen LogP contribution < -0.4 is 5.32 Å². The molecule has 108 valence electrons. The first kappa shape index (κ1) is 13.0. The molecule has 1 N–H and O–H groups in total. The highest BCUT2D eigenvalue weighted by atomic mass is 32.1. The highest BCUT2D eigenvalue weighted by Crippen LogP contribution is 2.34. The second-order valence-electron chi connectivity index (χ2n) is 5.07. The molecule has 0 spiro atoms. The summed E-state index contributed by atoms with van der Waals surface area (Å²) < 4.78 is 2.12. The van der Waals surface area contributed by atoms with E-state index in [-0.39, 0.29) is 0 Å². The lowest BCUT2D eigenvalue weighted by Crippen LogP contribution is -1.87. The Balaban J connectivity index is 1.71. The van der Waals surface area contributed by atoms with Crippen LogP contribution in [0.3, 0.4) is 0 Å². The number of benzene rings is 2. The van der Waals surface area contributed by atoms with Gasteiger partial charge in [-0.3, -0.25) is 0 Å². The Bertz CT molecular complexity index is 924. The first-order valence-electron chi connectivity index (χ1n) is 7.01. The summed E-state index contributed by atoms with van der Waals surface area (Å²) in [5.41, 5.74) is 3.34. The predicted octanol–water partition coefficient (Wildman–Crippen LogP) is 4.44. The number of nitrogens with zero attached hydrogens (tertiary/aromatic N) is 3. The van der Waals surface area contributed by atoms with Crippen molar-refractivity contribution >= 4 is 33.1 Å². The summed E-state index contributed by atoms with van der Waals surface area (Å²) in [6.45, 7) is 0. The Morgan fingerprint density at radius 2 is 1.73 bits per heavy atom. The zero-order valence-electron chi connectivity index (χ0n) is 12.0. The second kappa shape index (κ2) is 5.27. The van der Waals surface area contributed by atoms with Gasteiger partial charge in [0, 0.05) is 35.4 Å². The van der Waals surface area contributed by atoms with Gasteiger partial charge in [0.1, 0.15) is 0 Å². The molecule has 2 aromatic carbocycles. The van der Waals surface area contributed by atoms with Crippen molar-refractivity contribution in [3.8, 4) is 10.6 Å². The third kappa shape index (κ3) is 2.25. The van der Waals surface area contributed by atoms with Gasteiger partial charge < -0.3 is 9.88 Å². The van der Waals surface area contributed by atoms with E-state index in [0.29, 0.717) is 0 Å². The zero-order chi connectivity index (χ0) is 14.9. The lowest BCUT2D eigenvalue weighted by Gasteiger charge is -1.99. The molecule has 0 radical (unpaired) electrons. The molecule has 22 heavy (non-hydrogen) atoms. The Labute approximate surface area is 132 Å². The fraction of sp³-hybridized carbons (Fsp3) is 0.0588. The van der Waals surface area contributed by atoms with E-state index in [0.717, 1.165) is 21.4 Å². The zero-order valence-corrected chi connectivity index (χ0v) is 12.8. The highest BCUT2D eigenvalue weighted by Gasteiger charge is 2.13. The number of nitrogens with one attached hydrogen (secondary N) is 1. The van der Waals surface area contributed by atoms with Gasteiger partial charge in [0.05, 0.1) is 0 Å². The second-order valence-corrected chi connectivity index (χ2v) is 6.05. The van der Waals surface area contributed by atoms with Crippen molar-refractivity contribution in [2.75, 3.05) is 5.32 Å². The van der Waals surface area contributed by atoms with Crippen LogP contribution in [0.25, 0.3) is 21.5 Å². The topological polar surface area (TPSA) is 42.7 Å². The average Bonchev–Trinajstić information content (AvgIpc) is 3.14. The van der Waals surface area contributed by atoms with E-state index in [2.05, 4.69) is 57.6 Å². The first-order chi connectivity index (χ1) is 10.8. The number of rotatable bonds is 3. The van der Waals surface area contributed by atoms with E-state index < -0.39 is 0 Å². The minimum absolute atomic E-state index is 0.800. The van der Waals surface area contributed by atoms with Crippen molar-refractivity contribution in [2.24, 2.45) is 7.05 Å². The van der Waals surface area contributed by atoms with Gasteiger partial charge in [-0.05, 0) is 18.2 Å². The molecule has 4 aromatic rings. The van der Waals surface area contributed by atoms with Crippen molar-refractivity contribution in [3.05, 3.63) is 60.8 Å². The van der Waals surface area contributed by atoms with Crippen LogP contribution in [0.5, 0.6) is 0 Å². The third-order valence-corrected chi connectivity index (χ3v) is 4.45. The van der Waals surface area contributed by atoms with E-state index in [1.54, 1.807) is 11.3 Å². The van der Waals surface area contributed by atoms with Crippen LogP contribution in [-0.4, -0.2) is 14.8 Å². The van der Waals surface area contributed by atoms with Crippen LogP contribution >= 0.6 is 11.3 Å². The summed E-state index contributed by atoms with van der Waals surface area (Å²) in [5.74, 6) is 0. The molecule has 0 atom stereocenters. The fourth-order valence-corrected chi connectivity index (χ4v) is 3.33. The number of aromatic nitrogens is 3. The van der Waals surface area contributed by atoms with Crippen LogP contribution in [0.4, 0.5) is 10.8 Å². The minimum atomic E-state index is 0.800. The number of aryl methyl sites for hydroxylation is 1. The molecule has 0 bridgehead atoms. The Morgan fingerprint density at radius 3 is 2.59 bits per heavy atom. The Hall–Kier alpha value is -2.66. The summed E-state index contributed by atoms with van der Waals surface area (Å²) in [6.07, 6.45) is 2.11. The van der Waals surface area contributed by atoms with Gasteiger partial charge in [-0.1, -0.05) is 47.7 Å². The van der Waals surface area contributed by atoms with Crippen LogP contribution in [0.15, 0.2) is 60.8 Å². The minimum Gasteiger partial charge on any atom is -0.350 e. The number of fused-ring (bicyclic) bond motifs is 1. The van der Waals surface area contributed by atoms with Crippen LogP contribution in [-0.2, 0) is 7.05 Å². The van der Waals surface area contributed by atoms with Crippen molar-refractivity contribution in [1.82, 2.24) is 14.8 Å². The SMILES string of the molecule is Cn1cc(-c2nnc(Nc3ccccc3)s2)c2ccccc21. The highest BCUT2D eigenvalue weighted by molar-refractivity contribution is 7.18. The summed E-state index contributed by atoms with van der Waals surface area (Å²) in [5, 5.41) is 14.8. The molecule has 4 nitrogen and oxygen atoms in total. The number of para-hydroxylation sites is 2. The third-order valence-electron chi connectivity index (χ3n) is 3.58. The van der Waals surface area contributed by atoms with E-state index in [1.807, 2.05) is 30.3 Å². The molecule has 0 amide bonds. The van der Waals surface area contributed by atoms with Gasteiger partial charge >= 0.3 is 0 Å². The lowest BCUT2D eigenvalue weighted by molar-refractivity contribution is 0.969. The number of hydrogen-bond acceptors (Lipinski definition) is 4. The van der Waals surface area contributed by atoms with Gasteiger partial charge in [0.2, 0.25) is 5.13 Å². The molecule has 2 heterocycles. The van der Waals surface area contributed by atoms with Crippen LogP contribution in [0.2, 0.25) is 0 Å².